The van der Waals surface area contributed by atoms with E-state index in [2.05, 4.69) is 15.9 Å². The lowest BCUT2D eigenvalue weighted by atomic mass is 9.96. The van der Waals surface area contributed by atoms with E-state index in [0.717, 1.165) is 11.1 Å². The van der Waals surface area contributed by atoms with E-state index in [1.165, 1.54) is 6.07 Å². The number of aryl methyl sites for hydroxylation is 1. The highest BCUT2D eigenvalue weighted by Crippen LogP contribution is 2.37. The van der Waals surface area contributed by atoms with Crippen molar-refractivity contribution in [3.8, 4) is 5.75 Å². The molecule has 0 amide bonds. The summed E-state index contributed by atoms with van der Waals surface area (Å²) in [6.45, 7) is 3.91. The Bertz CT molecular complexity index is 641. The molecule has 0 aliphatic heterocycles. The van der Waals surface area contributed by atoms with Crippen LogP contribution >= 0.6 is 15.9 Å². The van der Waals surface area contributed by atoms with Crippen LogP contribution in [0, 0.1) is 19.7 Å². The molecular weight excluding hydrogens is 323 g/mol. The lowest BCUT2D eigenvalue weighted by Gasteiger charge is -2.19. The predicted molar refractivity (Wildman–Crippen MR) is 80.6 cm³/mol. The summed E-state index contributed by atoms with van der Waals surface area (Å²) in [5, 5.41) is 10.5. The van der Waals surface area contributed by atoms with Crippen LogP contribution in [0.4, 0.5) is 4.39 Å². The normalized spacial score (nSPS) is 12.3. The second-order valence-corrected chi connectivity index (χ2v) is 5.47. The molecule has 2 rings (SSSR count). The Morgan fingerprint density at radius 3 is 2.50 bits per heavy atom. The molecule has 0 radical (unpaired) electrons. The van der Waals surface area contributed by atoms with Crippen LogP contribution in [0.2, 0.25) is 0 Å². The van der Waals surface area contributed by atoms with Crippen LogP contribution in [0.15, 0.2) is 34.8 Å². The molecule has 1 unspecified atom stereocenters. The van der Waals surface area contributed by atoms with Gasteiger partial charge in [0.1, 0.15) is 17.7 Å². The van der Waals surface area contributed by atoms with Crippen molar-refractivity contribution in [3.05, 3.63) is 62.9 Å². The molecule has 0 saturated heterocycles. The first kappa shape index (κ1) is 15.0. The maximum absolute atomic E-state index is 13.6. The van der Waals surface area contributed by atoms with Gasteiger partial charge in [-0.05, 0) is 47.0 Å². The third-order valence-corrected chi connectivity index (χ3v) is 4.32. The van der Waals surface area contributed by atoms with E-state index >= 15 is 0 Å². The summed E-state index contributed by atoms with van der Waals surface area (Å²) >= 11 is 3.18. The molecule has 0 heterocycles. The molecule has 0 spiro atoms. The van der Waals surface area contributed by atoms with Gasteiger partial charge in [0.2, 0.25) is 0 Å². The lowest BCUT2D eigenvalue weighted by Crippen LogP contribution is -2.06. The number of ether oxygens (including phenoxy) is 1. The molecule has 0 aliphatic carbocycles. The summed E-state index contributed by atoms with van der Waals surface area (Å²) in [5.41, 5.74) is 3.15. The minimum absolute atomic E-state index is 0.271. The van der Waals surface area contributed by atoms with Gasteiger partial charge in [-0.3, -0.25) is 0 Å². The van der Waals surface area contributed by atoms with Crippen molar-refractivity contribution in [2.75, 3.05) is 7.11 Å². The summed E-state index contributed by atoms with van der Waals surface area (Å²) < 4.78 is 19.3. The van der Waals surface area contributed by atoms with Gasteiger partial charge in [-0.2, -0.15) is 0 Å². The average Bonchev–Trinajstić information content (AvgIpc) is 2.44. The zero-order chi connectivity index (χ0) is 14.9. The smallest absolute Gasteiger partial charge is 0.137 e. The highest BCUT2D eigenvalue weighted by atomic mass is 79.9. The number of rotatable bonds is 3. The Morgan fingerprint density at radius 2 is 1.85 bits per heavy atom. The fourth-order valence-electron chi connectivity index (χ4n) is 2.20. The van der Waals surface area contributed by atoms with E-state index < -0.39 is 11.9 Å². The molecule has 4 heteroatoms. The van der Waals surface area contributed by atoms with Gasteiger partial charge in [-0.25, -0.2) is 4.39 Å². The molecule has 0 aliphatic rings. The van der Waals surface area contributed by atoms with Crippen LogP contribution < -0.4 is 4.74 Å². The van der Waals surface area contributed by atoms with Gasteiger partial charge in [0.25, 0.3) is 0 Å². The zero-order valence-electron chi connectivity index (χ0n) is 11.6. The molecule has 1 atom stereocenters. The summed E-state index contributed by atoms with van der Waals surface area (Å²) in [4.78, 5) is 0. The van der Waals surface area contributed by atoms with Crippen molar-refractivity contribution < 1.29 is 14.2 Å². The Kier molecular flexibility index (Phi) is 4.45. The number of halogens is 2. The van der Waals surface area contributed by atoms with E-state index in [1.54, 1.807) is 19.2 Å². The molecule has 2 nitrogen and oxygen atoms in total. The number of hydrogen-bond donors (Lipinski definition) is 1. The largest absolute Gasteiger partial charge is 0.496 e. The van der Waals surface area contributed by atoms with Gasteiger partial charge in [0.15, 0.2) is 0 Å². The first-order valence-corrected chi connectivity index (χ1v) is 7.02. The topological polar surface area (TPSA) is 29.5 Å². The Morgan fingerprint density at radius 1 is 1.15 bits per heavy atom. The van der Waals surface area contributed by atoms with Gasteiger partial charge in [0, 0.05) is 11.1 Å². The highest BCUT2D eigenvalue weighted by molar-refractivity contribution is 9.10. The second-order valence-electron chi connectivity index (χ2n) is 4.68. The monoisotopic (exact) mass is 338 g/mol. The van der Waals surface area contributed by atoms with Crippen molar-refractivity contribution in [3.63, 3.8) is 0 Å². The first-order valence-electron chi connectivity index (χ1n) is 6.23. The fraction of sp³-hybridized carbons (Fsp3) is 0.250. The Labute approximate surface area is 126 Å². The number of methoxy groups -OCH3 is 1. The van der Waals surface area contributed by atoms with E-state index in [-0.39, 0.29) is 4.47 Å². The van der Waals surface area contributed by atoms with Gasteiger partial charge in [0.05, 0.1) is 11.6 Å². The highest BCUT2D eigenvalue weighted by Gasteiger charge is 2.21. The van der Waals surface area contributed by atoms with E-state index in [9.17, 15) is 9.50 Å². The van der Waals surface area contributed by atoms with E-state index in [4.69, 9.17) is 4.74 Å². The van der Waals surface area contributed by atoms with E-state index in [0.29, 0.717) is 16.9 Å². The van der Waals surface area contributed by atoms with Gasteiger partial charge < -0.3 is 9.84 Å². The molecule has 0 saturated carbocycles. The maximum atomic E-state index is 13.6. The van der Waals surface area contributed by atoms with Crippen LogP contribution in [-0.4, -0.2) is 12.2 Å². The molecule has 1 N–H and O–H groups in total. The molecule has 20 heavy (non-hydrogen) atoms. The summed E-state index contributed by atoms with van der Waals surface area (Å²) in [7, 11) is 1.57. The third kappa shape index (κ3) is 2.58. The Balaban J connectivity index is 2.56. The summed E-state index contributed by atoms with van der Waals surface area (Å²) in [5.74, 6) is 0.234. The van der Waals surface area contributed by atoms with Crippen molar-refractivity contribution in [1.29, 1.82) is 0 Å². The van der Waals surface area contributed by atoms with Gasteiger partial charge >= 0.3 is 0 Å². The first-order chi connectivity index (χ1) is 9.47. The summed E-state index contributed by atoms with van der Waals surface area (Å²) in [6, 6.07) is 8.34. The van der Waals surface area contributed by atoms with Crippen molar-refractivity contribution >= 4 is 15.9 Å². The number of hydrogen-bond acceptors (Lipinski definition) is 2. The van der Waals surface area contributed by atoms with Gasteiger partial charge in [-0.1, -0.05) is 24.3 Å². The van der Waals surface area contributed by atoms with Crippen molar-refractivity contribution in [2.24, 2.45) is 0 Å². The lowest BCUT2D eigenvalue weighted by molar-refractivity contribution is 0.213. The van der Waals surface area contributed by atoms with Crippen LogP contribution in [0.5, 0.6) is 5.75 Å². The minimum atomic E-state index is -0.950. The minimum Gasteiger partial charge on any atom is -0.496 e. The average molecular weight is 339 g/mol. The quantitative estimate of drug-likeness (QED) is 0.904. The molecule has 106 valence electrons. The molecular formula is C16H16BrFO2. The predicted octanol–water partition coefficient (Wildman–Crippen LogP) is 4.30. The van der Waals surface area contributed by atoms with Crippen molar-refractivity contribution in [2.45, 2.75) is 20.0 Å². The van der Waals surface area contributed by atoms with Crippen LogP contribution in [0.1, 0.15) is 28.4 Å². The second kappa shape index (κ2) is 5.94. The molecule has 0 fully saturated rings. The molecule has 2 aromatic rings. The van der Waals surface area contributed by atoms with Crippen LogP contribution in [-0.2, 0) is 0 Å². The summed E-state index contributed by atoms with van der Waals surface area (Å²) in [6.07, 6.45) is -0.950. The molecule has 0 aromatic heterocycles. The van der Waals surface area contributed by atoms with Crippen LogP contribution in [0.3, 0.4) is 0 Å². The molecule has 0 bridgehead atoms. The fourth-order valence-corrected chi connectivity index (χ4v) is 2.68. The third-order valence-electron chi connectivity index (χ3n) is 3.48. The maximum Gasteiger partial charge on any atom is 0.137 e. The Hall–Kier alpha value is -1.39. The zero-order valence-corrected chi connectivity index (χ0v) is 13.2. The van der Waals surface area contributed by atoms with Gasteiger partial charge in [-0.15, -0.1) is 0 Å². The standard InChI is InChI=1S/C16H16BrFO2/c1-9-7-8-12(16(20-3)10(9)2)15(19)11-5-4-6-13(18)14(11)17/h4-8,15,19H,1-3H3. The SMILES string of the molecule is COc1c(C(O)c2cccc(F)c2Br)ccc(C)c1C. The number of benzene rings is 2. The van der Waals surface area contributed by atoms with Crippen molar-refractivity contribution in [1.82, 2.24) is 0 Å². The number of aliphatic hydroxyl groups is 1. The van der Waals surface area contributed by atoms with Crippen LogP contribution in [0.25, 0.3) is 0 Å². The van der Waals surface area contributed by atoms with E-state index in [1.807, 2.05) is 26.0 Å². The molecule has 2 aromatic carbocycles. The number of aliphatic hydroxyl groups excluding tert-OH is 1.